The van der Waals surface area contributed by atoms with E-state index in [-0.39, 0.29) is 5.91 Å². The average Bonchev–Trinajstić information content (AvgIpc) is 2.94. The molecule has 0 unspecified atom stereocenters. The summed E-state index contributed by atoms with van der Waals surface area (Å²) in [5, 5.41) is 2.81. The van der Waals surface area contributed by atoms with Gasteiger partial charge in [-0.05, 0) is 18.9 Å². The van der Waals surface area contributed by atoms with Crippen LogP contribution in [0.4, 0.5) is 0 Å². The summed E-state index contributed by atoms with van der Waals surface area (Å²) in [6, 6.07) is 0. The molecule has 1 aliphatic rings. The smallest absolute Gasteiger partial charge is 0.273 e. The van der Waals surface area contributed by atoms with Crippen molar-refractivity contribution in [2.45, 2.75) is 44.9 Å². The second-order valence-corrected chi connectivity index (χ2v) is 6.63. The van der Waals surface area contributed by atoms with Gasteiger partial charge >= 0.3 is 0 Å². The summed E-state index contributed by atoms with van der Waals surface area (Å²) in [7, 11) is 1.88. The molecular weight excluding hydrogens is 270 g/mol. The Labute approximate surface area is 125 Å². The summed E-state index contributed by atoms with van der Waals surface area (Å²) < 4.78 is 0. The first-order valence-corrected chi connectivity index (χ1v) is 8.48. The first kappa shape index (κ1) is 15.4. The Hall–Kier alpha value is -0.940. The zero-order valence-electron chi connectivity index (χ0n) is 12.3. The zero-order valence-corrected chi connectivity index (χ0v) is 13.1. The van der Waals surface area contributed by atoms with E-state index in [0.29, 0.717) is 12.2 Å². The fraction of sp³-hybridized carbons (Fsp3) is 0.733. The van der Waals surface area contributed by atoms with E-state index in [1.54, 1.807) is 0 Å². The first-order chi connectivity index (χ1) is 9.70. The number of hydrogen-bond donors (Lipinski definition) is 1. The average molecular weight is 295 g/mol. The Balaban J connectivity index is 1.81. The standard InChI is InChI=1S/C15H25N3OS/c1-18(10-8-12-5-3-2-4-6-12)15(19)13-11-20-14(17-13)7-9-16/h11-12H,2-10,16H2,1H3. The molecule has 20 heavy (non-hydrogen) atoms. The minimum absolute atomic E-state index is 0.0420. The van der Waals surface area contributed by atoms with Crippen LogP contribution in [0.25, 0.3) is 0 Å². The molecule has 2 N–H and O–H groups in total. The van der Waals surface area contributed by atoms with E-state index in [0.717, 1.165) is 30.3 Å². The molecule has 0 atom stereocenters. The Kier molecular flexibility index (Phi) is 5.98. The predicted molar refractivity (Wildman–Crippen MR) is 83.0 cm³/mol. The van der Waals surface area contributed by atoms with Gasteiger partial charge in [0.1, 0.15) is 5.69 Å². The van der Waals surface area contributed by atoms with Crippen molar-refractivity contribution >= 4 is 17.2 Å². The predicted octanol–water partition coefficient (Wildman–Crippen LogP) is 2.69. The van der Waals surface area contributed by atoms with Crippen molar-refractivity contribution in [3.05, 3.63) is 16.1 Å². The van der Waals surface area contributed by atoms with E-state index in [4.69, 9.17) is 5.73 Å². The summed E-state index contributed by atoms with van der Waals surface area (Å²) in [5.41, 5.74) is 6.08. The number of carbonyl (C=O) groups excluding carboxylic acids is 1. The number of nitrogens with two attached hydrogens (primary N) is 1. The van der Waals surface area contributed by atoms with Gasteiger partial charge in [-0.2, -0.15) is 0 Å². The second-order valence-electron chi connectivity index (χ2n) is 5.68. The van der Waals surface area contributed by atoms with Gasteiger partial charge in [0.25, 0.3) is 5.91 Å². The minimum Gasteiger partial charge on any atom is -0.340 e. The molecule has 2 rings (SSSR count). The highest BCUT2D eigenvalue weighted by atomic mass is 32.1. The van der Waals surface area contributed by atoms with E-state index in [1.165, 1.54) is 43.4 Å². The van der Waals surface area contributed by atoms with Crippen LogP contribution in [-0.2, 0) is 6.42 Å². The first-order valence-electron chi connectivity index (χ1n) is 7.60. The van der Waals surface area contributed by atoms with E-state index >= 15 is 0 Å². The SMILES string of the molecule is CN(CCC1CCCCC1)C(=O)c1csc(CCN)n1. The van der Waals surface area contributed by atoms with Crippen molar-refractivity contribution in [3.63, 3.8) is 0 Å². The summed E-state index contributed by atoms with van der Waals surface area (Å²) >= 11 is 1.53. The number of thiazole rings is 1. The van der Waals surface area contributed by atoms with Gasteiger partial charge < -0.3 is 10.6 Å². The van der Waals surface area contributed by atoms with Crippen molar-refractivity contribution in [1.29, 1.82) is 0 Å². The number of nitrogens with zero attached hydrogens (tertiary/aromatic N) is 2. The maximum absolute atomic E-state index is 12.3. The summed E-state index contributed by atoms with van der Waals surface area (Å²) in [5.74, 6) is 0.850. The van der Waals surface area contributed by atoms with Gasteiger partial charge in [-0.3, -0.25) is 4.79 Å². The highest BCUT2D eigenvalue weighted by Gasteiger charge is 2.18. The maximum Gasteiger partial charge on any atom is 0.273 e. The Morgan fingerprint density at radius 3 is 2.90 bits per heavy atom. The van der Waals surface area contributed by atoms with Crippen LogP contribution in [-0.4, -0.2) is 35.9 Å². The normalized spacial score (nSPS) is 16.3. The molecule has 0 aliphatic heterocycles. The largest absolute Gasteiger partial charge is 0.340 e. The molecule has 0 radical (unpaired) electrons. The van der Waals surface area contributed by atoms with Gasteiger partial charge in [0.15, 0.2) is 0 Å². The van der Waals surface area contributed by atoms with Crippen molar-refractivity contribution in [1.82, 2.24) is 9.88 Å². The highest BCUT2D eigenvalue weighted by Crippen LogP contribution is 2.26. The molecule has 1 heterocycles. The molecule has 5 heteroatoms. The minimum atomic E-state index is 0.0420. The quantitative estimate of drug-likeness (QED) is 0.878. The van der Waals surface area contributed by atoms with Gasteiger partial charge in [-0.1, -0.05) is 32.1 Å². The Morgan fingerprint density at radius 2 is 2.20 bits per heavy atom. The Bertz CT molecular complexity index is 427. The van der Waals surface area contributed by atoms with Crippen LogP contribution in [0.3, 0.4) is 0 Å². The molecule has 1 saturated carbocycles. The highest BCUT2D eigenvalue weighted by molar-refractivity contribution is 7.09. The van der Waals surface area contributed by atoms with Gasteiger partial charge in [-0.25, -0.2) is 4.98 Å². The van der Waals surface area contributed by atoms with Crippen LogP contribution in [0.5, 0.6) is 0 Å². The molecule has 0 aromatic carbocycles. The van der Waals surface area contributed by atoms with E-state index in [1.807, 2.05) is 17.3 Å². The lowest BCUT2D eigenvalue weighted by Crippen LogP contribution is -2.29. The monoisotopic (exact) mass is 295 g/mol. The van der Waals surface area contributed by atoms with Crippen LogP contribution in [0.15, 0.2) is 5.38 Å². The number of carbonyl (C=O) groups is 1. The Morgan fingerprint density at radius 1 is 1.45 bits per heavy atom. The number of aromatic nitrogens is 1. The number of hydrogen-bond acceptors (Lipinski definition) is 4. The topological polar surface area (TPSA) is 59.2 Å². The molecule has 1 aliphatic carbocycles. The van der Waals surface area contributed by atoms with Crippen molar-refractivity contribution in [2.75, 3.05) is 20.1 Å². The van der Waals surface area contributed by atoms with Crippen molar-refractivity contribution < 1.29 is 4.79 Å². The van der Waals surface area contributed by atoms with Crippen molar-refractivity contribution in [2.24, 2.45) is 11.7 Å². The third-order valence-electron chi connectivity index (χ3n) is 4.07. The van der Waals surface area contributed by atoms with Crippen LogP contribution >= 0.6 is 11.3 Å². The molecule has 0 saturated heterocycles. The molecule has 4 nitrogen and oxygen atoms in total. The number of amides is 1. The van der Waals surface area contributed by atoms with Gasteiger partial charge in [0.2, 0.25) is 0 Å². The molecule has 0 spiro atoms. The molecular formula is C15H25N3OS. The van der Waals surface area contributed by atoms with Gasteiger partial charge in [-0.15, -0.1) is 11.3 Å². The number of rotatable bonds is 6. The van der Waals surface area contributed by atoms with Crippen LogP contribution in [0.2, 0.25) is 0 Å². The lowest BCUT2D eigenvalue weighted by Gasteiger charge is -2.24. The lowest BCUT2D eigenvalue weighted by atomic mass is 9.87. The molecule has 1 fully saturated rings. The third kappa shape index (κ3) is 4.28. The molecule has 1 amide bonds. The zero-order chi connectivity index (χ0) is 14.4. The lowest BCUT2D eigenvalue weighted by molar-refractivity contribution is 0.0778. The summed E-state index contributed by atoms with van der Waals surface area (Å²) in [6.45, 7) is 1.42. The van der Waals surface area contributed by atoms with E-state index < -0.39 is 0 Å². The molecule has 1 aromatic rings. The van der Waals surface area contributed by atoms with E-state index in [2.05, 4.69) is 4.98 Å². The van der Waals surface area contributed by atoms with Gasteiger partial charge in [0.05, 0.1) is 5.01 Å². The third-order valence-corrected chi connectivity index (χ3v) is 4.98. The van der Waals surface area contributed by atoms with Crippen LogP contribution < -0.4 is 5.73 Å². The molecule has 112 valence electrons. The fourth-order valence-corrected chi connectivity index (χ4v) is 3.58. The van der Waals surface area contributed by atoms with Crippen LogP contribution in [0, 0.1) is 5.92 Å². The summed E-state index contributed by atoms with van der Waals surface area (Å²) in [6.07, 6.45) is 8.65. The summed E-state index contributed by atoms with van der Waals surface area (Å²) in [4.78, 5) is 18.5. The van der Waals surface area contributed by atoms with Gasteiger partial charge in [0, 0.05) is 25.4 Å². The van der Waals surface area contributed by atoms with Crippen LogP contribution in [0.1, 0.15) is 54.0 Å². The second kappa shape index (κ2) is 7.74. The molecule has 1 aromatic heterocycles. The fourth-order valence-electron chi connectivity index (χ4n) is 2.80. The molecule has 0 bridgehead atoms. The van der Waals surface area contributed by atoms with Crippen molar-refractivity contribution in [3.8, 4) is 0 Å². The van der Waals surface area contributed by atoms with E-state index in [9.17, 15) is 4.79 Å². The maximum atomic E-state index is 12.3.